The molecule has 0 saturated carbocycles. The Hall–Kier alpha value is -4.05. The third-order valence-electron chi connectivity index (χ3n) is 7.92. The van der Waals surface area contributed by atoms with Gasteiger partial charge in [-0.15, -0.1) is 0 Å². The van der Waals surface area contributed by atoms with Gasteiger partial charge < -0.3 is 14.5 Å². The van der Waals surface area contributed by atoms with Gasteiger partial charge in [0.1, 0.15) is 17.2 Å². The molecular weight excluding hydrogens is 595 g/mol. The maximum absolute atomic E-state index is 15.2. The quantitative estimate of drug-likeness (QED) is 0.234. The second-order valence-corrected chi connectivity index (χ2v) is 13.6. The fourth-order valence-corrected chi connectivity index (χ4v) is 6.27. The highest BCUT2D eigenvalue weighted by molar-refractivity contribution is 6.33. The van der Waals surface area contributed by atoms with Crippen molar-refractivity contribution in [2.24, 2.45) is 0 Å². The molecule has 0 radical (unpaired) electrons. The second-order valence-electron chi connectivity index (χ2n) is 13.2. The fraction of sp³-hybridized carbons (Fsp3) is 0.441. The lowest BCUT2D eigenvalue weighted by atomic mass is 10.0. The molecule has 238 valence electrons. The van der Waals surface area contributed by atoms with Gasteiger partial charge in [0.25, 0.3) is 0 Å². The third-order valence-corrected chi connectivity index (χ3v) is 8.21. The van der Waals surface area contributed by atoms with Crippen LogP contribution in [-0.2, 0) is 4.74 Å². The minimum atomic E-state index is -0.626. The van der Waals surface area contributed by atoms with E-state index in [0.29, 0.717) is 35.7 Å². The molecule has 1 saturated heterocycles. The number of rotatable bonds is 4. The van der Waals surface area contributed by atoms with E-state index in [9.17, 15) is 9.59 Å². The summed E-state index contributed by atoms with van der Waals surface area (Å²) in [5.74, 6) is -0.0876. The Morgan fingerprint density at radius 3 is 2.36 bits per heavy atom. The molecule has 5 rings (SSSR count). The summed E-state index contributed by atoms with van der Waals surface area (Å²) in [7, 11) is 0. The molecule has 1 amide bonds. The van der Waals surface area contributed by atoms with Gasteiger partial charge in [-0.05, 0) is 84.2 Å². The number of benzene rings is 1. The number of pyridine rings is 2. The van der Waals surface area contributed by atoms with Gasteiger partial charge in [-0.2, -0.15) is 4.98 Å². The number of carbonyl (C=O) groups is 1. The number of aryl methyl sites for hydroxylation is 2. The number of fused-ring (bicyclic) bond motifs is 1. The summed E-state index contributed by atoms with van der Waals surface area (Å²) in [6, 6.07) is 7.84. The molecule has 1 aliphatic rings. The number of ether oxygens (including phenoxy) is 1. The van der Waals surface area contributed by atoms with Gasteiger partial charge in [-0.3, -0.25) is 4.98 Å². The molecule has 0 spiro atoms. The average molecular weight is 635 g/mol. The lowest BCUT2D eigenvalue weighted by Gasteiger charge is -2.45. The minimum Gasteiger partial charge on any atom is -0.444 e. The standard InChI is InChI=1S/C34H40ClFN6O3/c1-18(2)27-29(20(4)12-13-37-27)42-30-24(15-25(35)28(38-30)23-14-19(3)10-11-26(23)36)31(39-32(42)43)41-21(5)16-40(17-22(41)6)33(44)45-34(7,8)9/h10-15,18,21-22H,16-17H2,1-9H3. The summed E-state index contributed by atoms with van der Waals surface area (Å²) in [4.78, 5) is 45.0. The molecule has 0 N–H and O–H groups in total. The van der Waals surface area contributed by atoms with Crippen molar-refractivity contribution in [3.05, 3.63) is 74.7 Å². The van der Waals surface area contributed by atoms with Gasteiger partial charge in [0.2, 0.25) is 0 Å². The first kappa shape index (κ1) is 32.3. The average Bonchev–Trinajstić information content (AvgIpc) is 2.93. The van der Waals surface area contributed by atoms with Gasteiger partial charge in [0, 0.05) is 36.9 Å². The summed E-state index contributed by atoms with van der Waals surface area (Å²) in [6.07, 6.45) is 1.33. The summed E-state index contributed by atoms with van der Waals surface area (Å²) in [5, 5.41) is 0.749. The van der Waals surface area contributed by atoms with Crippen molar-refractivity contribution in [3.63, 3.8) is 0 Å². The molecule has 1 aromatic carbocycles. The first-order valence-electron chi connectivity index (χ1n) is 15.2. The molecule has 45 heavy (non-hydrogen) atoms. The molecule has 3 aromatic heterocycles. The smallest absolute Gasteiger partial charge is 0.410 e. The van der Waals surface area contributed by atoms with Crippen molar-refractivity contribution in [2.45, 2.75) is 85.9 Å². The molecule has 11 heteroatoms. The minimum absolute atomic E-state index is 0.0107. The zero-order chi connectivity index (χ0) is 33.0. The number of aromatic nitrogens is 4. The monoisotopic (exact) mass is 634 g/mol. The van der Waals surface area contributed by atoms with E-state index in [2.05, 4.69) is 9.97 Å². The van der Waals surface area contributed by atoms with E-state index >= 15 is 4.39 Å². The van der Waals surface area contributed by atoms with Crippen LogP contribution in [0.4, 0.5) is 15.0 Å². The molecule has 0 bridgehead atoms. The van der Waals surface area contributed by atoms with Crippen LogP contribution in [0.1, 0.15) is 71.2 Å². The van der Waals surface area contributed by atoms with Crippen molar-refractivity contribution in [1.82, 2.24) is 24.4 Å². The molecule has 2 atom stereocenters. The summed E-state index contributed by atoms with van der Waals surface area (Å²) >= 11 is 6.88. The van der Waals surface area contributed by atoms with E-state index < -0.39 is 23.2 Å². The van der Waals surface area contributed by atoms with Crippen LogP contribution in [0.5, 0.6) is 0 Å². The first-order valence-corrected chi connectivity index (χ1v) is 15.6. The van der Waals surface area contributed by atoms with Gasteiger partial charge in [-0.25, -0.2) is 23.5 Å². The van der Waals surface area contributed by atoms with E-state index in [4.69, 9.17) is 21.3 Å². The zero-order valence-electron chi connectivity index (χ0n) is 27.3. The molecule has 0 aliphatic carbocycles. The van der Waals surface area contributed by atoms with Crippen molar-refractivity contribution in [2.75, 3.05) is 18.0 Å². The van der Waals surface area contributed by atoms with Crippen LogP contribution in [0.3, 0.4) is 0 Å². The van der Waals surface area contributed by atoms with E-state index in [1.54, 1.807) is 29.3 Å². The Morgan fingerprint density at radius 2 is 1.73 bits per heavy atom. The molecule has 4 aromatic rings. The van der Waals surface area contributed by atoms with E-state index in [-0.39, 0.29) is 39.9 Å². The summed E-state index contributed by atoms with van der Waals surface area (Å²) in [6.45, 7) is 18.0. The fourth-order valence-electron chi connectivity index (χ4n) is 6.01. The SMILES string of the molecule is Cc1ccc(F)c(-c2nc3c(cc2Cl)c(N2C(C)CN(C(=O)OC(C)(C)C)CC2C)nc(=O)n3-c2c(C)ccnc2C(C)C)c1. The molecule has 4 heterocycles. The highest BCUT2D eigenvalue weighted by atomic mass is 35.5. The topological polar surface area (TPSA) is 93.5 Å². The van der Waals surface area contributed by atoms with E-state index in [0.717, 1.165) is 11.1 Å². The Labute approximate surface area is 268 Å². The lowest BCUT2D eigenvalue weighted by Crippen LogP contribution is -2.59. The third kappa shape index (κ3) is 6.25. The number of hydrogen-bond donors (Lipinski definition) is 0. The van der Waals surface area contributed by atoms with Crippen LogP contribution in [0, 0.1) is 19.7 Å². The van der Waals surface area contributed by atoms with Crippen LogP contribution in [0.2, 0.25) is 5.02 Å². The van der Waals surface area contributed by atoms with Crippen LogP contribution >= 0.6 is 11.6 Å². The first-order chi connectivity index (χ1) is 21.1. The Bertz CT molecular complexity index is 1840. The molecule has 2 unspecified atom stereocenters. The van der Waals surface area contributed by atoms with Crippen molar-refractivity contribution >= 4 is 34.5 Å². The molecule has 1 fully saturated rings. The number of halogens is 2. The van der Waals surface area contributed by atoms with Gasteiger partial charge >= 0.3 is 11.8 Å². The number of carbonyl (C=O) groups excluding carboxylic acids is 1. The number of hydrogen-bond acceptors (Lipinski definition) is 7. The van der Waals surface area contributed by atoms with Crippen molar-refractivity contribution in [1.29, 1.82) is 0 Å². The lowest BCUT2D eigenvalue weighted by molar-refractivity contribution is 0.0192. The highest BCUT2D eigenvalue weighted by Crippen LogP contribution is 2.37. The molecule has 9 nitrogen and oxygen atoms in total. The normalized spacial score (nSPS) is 17.3. The Morgan fingerprint density at radius 1 is 1.07 bits per heavy atom. The zero-order valence-corrected chi connectivity index (χ0v) is 28.0. The Kier molecular flexibility index (Phi) is 8.65. The Balaban J connectivity index is 1.76. The van der Waals surface area contributed by atoms with Crippen molar-refractivity contribution in [3.8, 4) is 16.9 Å². The number of nitrogens with zero attached hydrogens (tertiary/aromatic N) is 6. The molecule has 1 aliphatic heterocycles. The van der Waals surface area contributed by atoms with Crippen LogP contribution in [0.25, 0.3) is 28.0 Å². The maximum Gasteiger partial charge on any atom is 0.410 e. The molecular formula is C34H40ClFN6O3. The number of piperazine rings is 1. The van der Waals surface area contributed by atoms with E-state index in [1.165, 1.54) is 10.6 Å². The van der Waals surface area contributed by atoms with Crippen LogP contribution in [-0.4, -0.2) is 61.3 Å². The summed E-state index contributed by atoms with van der Waals surface area (Å²) < 4.78 is 22.3. The van der Waals surface area contributed by atoms with E-state index in [1.807, 2.05) is 73.3 Å². The maximum atomic E-state index is 15.2. The predicted octanol–water partition coefficient (Wildman–Crippen LogP) is 7.21. The summed E-state index contributed by atoms with van der Waals surface area (Å²) in [5.41, 5.74) is 2.53. The number of amides is 1. The van der Waals surface area contributed by atoms with Gasteiger partial charge in [0.05, 0.1) is 27.5 Å². The van der Waals surface area contributed by atoms with Gasteiger partial charge in [-0.1, -0.05) is 37.1 Å². The van der Waals surface area contributed by atoms with Crippen LogP contribution in [0.15, 0.2) is 41.3 Å². The van der Waals surface area contributed by atoms with Crippen LogP contribution < -0.4 is 10.6 Å². The second kappa shape index (κ2) is 12.0. The van der Waals surface area contributed by atoms with Crippen molar-refractivity contribution < 1.29 is 13.9 Å². The predicted molar refractivity (Wildman–Crippen MR) is 176 cm³/mol. The van der Waals surface area contributed by atoms with Gasteiger partial charge in [0.15, 0.2) is 5.65 Å². The number of anilines is 1. The highest BCUT2D eigenvalue weighted by Gasteiger charge is 2.36. The largest absolute Gasteiger partial charge is 0.444 e.